The van der Waals surface area contributed by atoms with Gasteiger partial charge < -0.3 is 19.6 Å². The highest BCUT2D eigenvalue weighted by molar-refractivity contribution is 6.33. The molecule has 1 unspecified atom stereocenters. The number of benzene rings is 3. The van der Waals surface area contributed by atoms with Crippen molar-refractivity contribution in [3.05, 3.63) is 93.5 Å². The fourth-order valence-corrected chi connectivity index (χ4v) is 10.3. The van der Waals surface area contributed by atoms with Gasteiger partial charge in [-0.05, 0) is 86.6 Å². The van der Waals surface area contributed by atoms with Gasteiger partial charge in [0.05, 0.1) is 23.4 Å². The van der Waals surface area contributed by atoms with Crippen LogP contribution in [0.3, 0.4) is 0 Å². The fourth-order valence-electron chi connectivity index (χ4n) is 10.1. The molecule has 3 aromatic carbocycles. The highest BCUT2D eigenvalue weighted by atomic mass is 35.5. The Balaban J connectivity index is 0.730. The van der Waals surface area contributed by atoms with Crippen LogP contribution in [0, 0.1) is 23.7 Å². The average molecular weight is 821 g/mol. The van der Waals surface area contributed by atoms with Gasteiger partial charge in [0.15, 0.2) is 0 Å². The molecular weight excluding hydrogens is 775 g/mol. The Kier molecular flexibility index (Phi) is 10.1. The Bertz CT molecular complexity index is 2280. The number of amides is 5. The Morgan fingerprint density at radius 2 is 1.58 bits per heavy atom. The molecule has 0 aliphatic carbocycles. The van der Waals surface area contributed by atoms with Crippen molar-refractivity contribution in [2.45, 2.75) is 51.1 Å². The number of rotatable bonds is 7. The van der Waals surface area contributed by atoms with Gasteiger partial charge in [-0.3, -0.25) is 39.1 Å². The topological polar surface area (TPSA) is 121 Å². The third kappa shape index (κ3) is 7.18. The standard InChI is InChI=1S/C44H46ClFN8O5/c1-27-22-44(26-53(27)31-7-8-36(47-2)34(45)19-31)11-13-50(14-12-44)30-5-3-29(4-6-30)41(57)51-17-15-49(16-18-51)23-28-24-52(25-28)38-21-33-32(20-35(38)46)42(58)54(43(33)59)37-9-10-39(55)48-40(37)56/h3-8,19-21,27-28,37H,9-18,22-26H2,1H3,(H,48,55,56)/t27-,37?/m0/s1. The van der Waals surface area contributed by atoms with Crippen molar-refractivity contribution in [3.8, 4) is 0 Å². The molecule has 2 atom stereocenters. The molecule has 6 heterocycles. The Morgan fingerprint density at radius 3 is 2.24 bits per heavy atom. The van der Waals surface area contributed by atoms with E-state index in [1.54, 1.807) is 0 Å². The van der Waals surface area contributed by atoms with Crippen LogP contribution in [0.25, 0.3) is 4.85 Å². The third-order valence-corrected chi connectivity index (χ3v) is 13.7. The summed E-state index contributed by atoms with van der Waals surface area (Å²) in [6.45, 7) is 17.2. The SMILES string of the molecule is [C-]#[N+]c1ccc(N2CC3(CCN(c4ccc(C(=O)N5CCN(CC6CN(c7cc8c(cc7F)C(=O)N(C7CCC(=O)NC7=O)C8=O)C6)CC5)cc4)CC3)C[C@@H]2C)cc1Cl. The zero-order valence-electron chi connectivity index (χ0n) is 33.0. The molecule has 0 radical (unpaired) electrons. The molecule has 15 heteroatoms. The van der Waals surface area contributed by atoms with Crippen LogP contribution in [0.5, 0.6) is 0 Å². The van der Waals surface area contributed by atoms with E-state index in [0.717, 1.165) is 80.9 Å². The van der Waals surface area contributed by atoms with Gasteiger partial charge in [0.1, 0.15) is 11.9 Å². The summed E-state index contributed by atoms with van der Waals surface area (Å²) in [6, 6.07) is 15.6. The number of piperazine rings is 1. The van der Waals surface area contributed by atoms with Gasteiger partial charge in [-0.15, -0.1) is 0 Å². The van der Waals surface area contributed by atoms with Crippen LogP contribution in [0.15, 0.2) is 54.6 Å². The molecule has 59 heavy (non-hydrogen) atoms. The molecule has 0 aromatic heterocycles. The minimum Gasteiger partial charge on any atom is -0.371 e. The van der Waals surface area contributed by atoms with Crippen LogP contribution in [0.4, 0.5) is 27.1 Å². The number of carbonyl (C=O) groups excluding carboxylic acids is 5. The molecule has 6 aliphatic rings. The van der Waals surface area contributed by atoms with Gasteiger partial charge in [0, 0.05) is 106 Å². The maximum atomic E-state index is 15.3. The first-order valence-corrected chi connectivity index (χ1v) is 20.9. The molecule has 306 valence electrons. The van der Waals surface area contributed by atoms with E-state index in [0.29, 0.717) is 48.5 Å². The quantitative estimate of drug-likeness (QED) is 0.253. The lowest BCUT2D eigenvalue weighted by atomic mass is 9.76. The number of halogens is 2. The summed E-state index contributed by atoms with van der Waals surface area (Å²) in [5, 5.41) is 2.68. The predicted octanol–water partition coefficient (Wildman–Crippen LogP) is 5.21. The number of hydrogen-bond donors (Lipinski definition) is 1. The van der Waals surface area contributed by atoms with Crippen LogP contribution in [-0.2, 0) is 9.59 Å². The summed E-state index contributed by atoms with van der Waals surface area (Å²) in [7, 11) is 0. The van der Waals surface area contributed by atoms with Gasteiger partial charge in [-0.25, -0.2) is 9.24 Å². The lowest BCUT2D eigenvalue weighted by molar-refractivity contribution is -0.136. The minimum absolute atomic E-state index is 0.0141. The molecule has 5 saturated heterocycles. The normalized spacial score (nSPS) is 23.5. The molecule has 0 saturated carbocycles. The van der Waals surface area contributed by atoms with E-state index < -0.39 is 35.5 Å². The second-order valence-electron chi connectivity index (χ2n) is 17.1. The van der Waals surface area contributed by atoms with Crippen molar-refractivity contribution in [1.29, 1.82) is 0 Å². The number of hydrogen-bond acceptors (Lipinski definition) is 9. The van der Waals surface area contributed by atoms with Crippen molar-refractivity contribution in [1.82, 2.24) is 20.0 Å². The number of anilines is 3. The average Bonchev–Trinajstić information content (AvgIpc) is 3.66. The van der Waals surface area contributed by atoms with E-state index in [-0.39, 0.29) is 46.9 Å². The molecule has 5 amide bonds. The van der Waals surface area contributed by atoms with E-state index in [2.05, 4.69) is 43.9 Å². The van der Waals surface area contributed by atoms with Crippen molar-refractivity contribution in [2.24, 2.45) is 11.3 Å². The van der Waals surface area contributed by atoms with Crippen LogP contribution in [-0.4, -0.2) is 122 Å². The molecule has 5 fully saturated rings. The third-order valence-electron chi connectivity index (χ3n) is 13.4. The first kappa shape index (κ1) is 39.0. The van der Waals surface area contributed by atoms with Gasteiger partial charge in [0.25, 0.3) is 17.7 Å². The summed E-state index contributed by atoms with van der Waals surface area (Å²) < 4.78 is 15.3. The van der Waals surface area contributed by atoms with Crippen LogP contribution in [0.1, 0.15) is 70.1 Å². The number of fused-ring (bicyclic) bond motifs is 1. The molecule has 13 nitrogen and oxygen atoms in total. The highest BCUT2D eigenvalue weighted by Gasteiger charge is 2.47. The Hall–Kier alpha value is -5.52. The van der Waals surface area contributed by atoms with Crippen molar-refractivity contribution in [3.63, 3.8) is 0 Å². The fraction of sp³-hybridized carbons (Fsp3) is 0.455. The second kappa shape index (κ2) is 15.3. The second-order valence-corrected chi connectivity index (χ2v) is 17.5. The van der Waals surface area contributed by atoms with Crippen molar-refractivity contribution >= 4 is 63.9 Å². The van der Waals surface area contributed by atoms with E-state index >= 15 is 4.39 Å². The highest BCUT2D eigenvalue weighted by Crippen LogP contribution is 2.46. The zero-order chi connectivity index (χ0) is 41.2. The van der Waals surface area contributed by atoms with E-state index in [1.165, 1.54) is 6.07 Å². The number of nitrogens with zero attached hydrogens (tertiary/aromatic N) is 7. The smallest absolute Gasteiger partial charge is 0.262 e. The summed E-state index contributed by atoms with van der Waals surface area (Å²) >= 11 is 6.38. The van der Waals surface area contributed by atoms with Gasteiger partial charge >= 0.3 is 0 Å². The number of nitrogens with one attached hydrogen (secondary N) is 1. The summed E-state index contributed by atoms with van der Waals surface area (Å²) in [4.78, 5) is 79.2. The minimum atomic E-state index is -1.10. The Morgan fingerprint density at radius 1 is 0.898 bits per heavy atom. The van der Waals surface area contributed by atoms with Crippen LogP contribution in [0.2, 0.25) is 5.02 Å². The maximum absolute atomic E-state index is 15.3. The summed E-state index contributed by atoms with van der Waals surface area (Å²) in [5.41, 5.74) is 3.87. The monoisotopic (exact) mass is 820 g/mol. The van der Waals surface area contributed by atoms with E-state index in [1.807, 2.05) is 40.1 Å². The van der Waals surface area contributed by atoms with Crippen LogP contribution >= 0.6 is 11.6 Å². The number of carbonyl (C=O) groups is 5. The first-order chi connectivity index (χ1) is 28.4. The summed E-state index contributed by atoms with van der Waals surface area (Å²) in [5.74, 6) is -2.83. The lowest BCUT2D eigenvalue weighted by Crippen LogP contribution is -2.55. The van der Waals surface area contributed by atoms with Crippen LogP contribution < -0.4 is 20.0 Å². The zero-order valence-corrected chi connectivity index (χ0v) is 33.7. The molecule has 0 bridgehead atoms. The lowest BCUT2D eigenvalue weighted by Gasteiger charge is -2.45. The molecule has 6 aliphatic heterocycles. The molecule has 3 aromatic rings. The molecule has 1 spiro atoms. The maximum Gasteiger partial charge on any atom is 0.262 e. The molecule has 9 rings (SSSR count). The van der Waals surface area contributed by atoms with Gasteiger partial charge in [-0.2, -0.15) is 0 Å². The van der Waals surface area contributed by atoms with Gasteiger partial charge in [-0.1, -0.05) is 17.7 Å². The Labute approximate surface area is 347 Å². The first-order valence-electron chi connectivity index (χ1n) is 20.5. The van der Waals surface area contributed by atoms with E-state index in [4.69, 9.17) is 18.2 Å². The molecule has 1 N–H and O–H groups in total. The predicted molar refractivity (Wildman–Crippen MR) is 221 cm³/mol. The largest absolute Gasteiger partial charge is 0.371 e. The van der Waals surface area contributed by atoms with E-state index in [9.17, 15) is 24.0 Å². The van der Waals surface area contributed by atoms with Crippen molar-refractivity contribution < 1.29 is 28.4 Å². The molecular formula is C44H46ClFN8O5. The number of piperidine rings is 2. The number of imide groups is 2. The van der Waals surface area contributed by atoms with Crippen molar-refractivity contribution in [2.75, 3.05) is 80.1 Å². The van der Waals surface area contributed by atoms with Gasteiger partial charge in [0.2, 0.25) is 17.5 Å². The summed E-state index contributed by atoms with van der Waals surface area (Å²) in [6.07, 6.45) is 3.36.